The molecule has 1 amide bonds. The van der Waals surface area contributed by atoms with Gasteiger partial charge in [0.05, 0.1) is 12.2 Å². The van der Waals surface area contributed by atoms with Crippen LogP contribution in [0.3, 0.4) is 0 Å². The van der Waals surface area contributed by atoms with Gasteiger partial charge in [0, 0.05) is 4.88 Å². The first kappa shape index (κ1) is 21.4. The minimum absolute atomic E-state index is 0.239. The quantitative estimate of drug-likeness (QED) is 0.464. The van der Waals surface area contributed by atoms with Crippen molar-refractivity contribution in [1.29, 1.82) is 0 Å². The van der Waals surface area contributed by atoms with E-state index in [2.05, 4.69) is 5.32 Å². The van der Waals surface area contributed by atoms with E-state index >= 15 is 0 Å². The molecule has 1 unspecified atom stereocenters. The van der Waals surface area contributed by atoms with Crippen molar-refractivity contribution >= 4 is 28.2 Å². The zero-order valence-electron chi connectivity index (χ0n) is 17.2. The summed E-state index contributed by atoms with van der Waals surface area (Å²) in [5.74, 6) is 0.0786. The van der Waals surface area contributed by atoms with Crippen LogP contribution in [0.25, 0.3) is 0 Å². The van der Waals surface area contributed by atoms with Crippen LogP contribution in [0.2, 0.25) is 0 Å². The number of ether oxygens (including phenoxy) is 2. The summed E-state index contributed by atoms with van der Waals surface area (Å²) in [6.45, 7) is 4.26. The molecule has 0 bridgehead atoms. The number of benzene rings is 1. The summed E-state index contributed by atoms with van der Waals surface area (Å²) in [5, 5.41) is 3.57. The fraction of sp³-hybridized carbons (Fsp3) is 0.478. The fourth-order valence-electron chi connectivity index (χ4n) is 3.49. The van der Waals surface area contributed by atoms with Gasteiger partial charge < -0.3 is 14.8 Å². The van der Waals surface area contributed by atoms with Gasteiger partial charge in [-0.05, 0) is 56.2 Å². The predicted molar refractivity (Wildman–Crippen MR) is 116 cm³/mol. The summed E-state index contributed by atoms with van der Waals surface area (Å²) in [4.78, 5) is 26.9. The Labute approximate surface area is 176 Å². The lowest BCUT2D eigenvalue weighted by Gasteiger charge is -2.17. The van der Waals surface area contributed by atoms with Crippen molar-refractivity contribution in [2.24, 2.45) is 0 Å². The molecule has 0 saturated carbocycles. The summed E-state index contributed by atoms with van der Waals surface area (Å²) in [5.41, 5.74) is 1.60. The number of amides is 1. The number of fused-ring (bicyclic) bond motifs is 1. The van der Waals surface area contributed by atoms with Crippen molar-refractivity contribution in [1.82, 2.24) is 0 Å². The molecule has 156 valence electrons. The van der Waals surface area contributed by atoms with E-state index in [0.29, 0.717) is 29.3 Å². The van der Waals surface area contributed by atoms with Gasteiger partial charge in [-0.2, -0.15) is 0 Å². The minimum atomic E-state index is -0.626. The number of rotatable bonds is 8. The summed E-state index contributed by atoms with van der Waals surface area (Å²) >= 11 is 1.51. The van der Waals surface area contributed by atoms with E-state index in [0.717, 1.165) is 44.1 Å². The Kier molecular flexibility index (Phi) is 7.69. The Bertz CT molecular complexity index is 831. The Morgan fingerprint density at radius 3 is 2.59 bits per heavy atom. The number of anilines is 1. The monoisotopic (exact) mass is 415 g/mol. The van der Waals surface area contributed by atoms with Crippen molar-refractivity contribution in [3.05, 3.63) is 46.3 Å². The van der Waals surface area contributed by atoms with Crippen LogP contribution >= 0.6 is 11.3 Å². The second kappa shape index (κ2) is 10.4. The molecule has 1 aromatic carbocycles. The van der Waals surface area contributed by atoms with Gasteiger partial charge in [0.25, 0.3) is 5.91 Å². The standard InChI is InChI=1S/C23H29NO4S/c1-3-15-27-23(26)20-17-13-9-6-10-14-19(17)29-22(20)24-21(25)18(4-2)28-16-11-7-5-8-12-16/h5,7-8,11-12,18H,3-4,6,9-10,13-15H2,1-2H3,(H,24,25). The number of esters is 1. The molecule has 0 spiro atoms. The first-order valence-corrected chi connectivity index (χ1v) is 11.3. The van der Waals surface area contributed by atoms with Crippen molar-refractivity contribution < 1.29 is 19.1 Å². The molecule has 5 nitrogen and oxygen atoms in total. The van der Waals surface area contributed by atoms with Gasteiger partial charge in [0.15, 0.2) is 6.10 Å². The van der Waals surface area contributed by atoms with Crippen LogP contribution in [0, 0.1) is 0 Å². The Morgan fingerprint density at radius 1 is 1.10 bits per heavy atom. The predicted octanol–water partition coefficient (Wildman–Crippen LogP) is 5.38. The van der Waals surface area contributed by atoms with Gasteiger partial charge in [0.1, 0.15) is 10.8 Å². The Hall–Kier alpha value is -2.34. The highest BCUT2D eigenvalue weighted by Crippen LogP contribution is 2.38. The lowest BCUT2D eigenvalue weighted by atomic mass is 10.1. The smallest absolute Gasteiger partial charge is 0.341 e. The molecule has 1 aliphatic carbocycles. The lowest BCUT2D eigenvalue weighted by molar-refractivity contribution is -0.122. The maximum atomic E-state index is 12.9. The zero-order chi connectivity index (χ0) is 20.6. The Morgan fingerprint density at radius 2 is 1.86 bits per heavy atom. The van der Waals surface area contributed by atoms with Crippen molar-refractivity contribution in [2.75, 3.05) is 11.9 Å². The third-order valence-corrected chi connectivity index (χ3v) is 6.19. The van der Waals surface area contributed by atoms with Crippen molar-refractivity contribution in [3.8, 4) is 5.75 Å². The van der Waals surface area contributed by atoms with Crippen LogP contribution in [-0.4, -0.2) is 24.6 Å². The molecule has 1 aromatic heterocycles. The second-order valence-electron chi connectivity index (χ2n) is 7.22. The van der Waals surface area contributed by atoms with Crippen molar-refractivity contribution in [3.63, 3.8) is 0 Å². The average molecular weight is 416 g/mol. The summed E-state index contributed by atoms with van der Waals surface area (Å²) in [6.07, 6.45) is 5.80. The normalized spacial score (nSPS) is 14.4. The molecule has 3 rings (SSSR count). The largest absolute Gasteiger partial charge is 0.481 e. The minimum Gasteiger partial charge on any atom is -0.481 e. The SMILES string of the molecule is CCCOC(=O)c1c(NC(=O)C(CC)Oc2ccccc2)sc2c1CCCCC2. The van der Waals surface area contributed by atoms with Crippen molar-refractivity contribution in [2.45, 2.75) is 64.9 Å². The maximum Gasteiger partial charge on any atom is 0.341 e. The number of carbonyl (C=O) groups excluding carboxylic acids is 2. The maximum absolute atomic E-state index is 12.9. The first-order valence-electron chi connectivity index (χ1n) is 10.5. The van der Waals surface area contributed by atoms with E-state index in [1.807, 2.05) is 44.2 Å². The molecule has 1 atom stereocenters. The fourth-order valence-corrected chi connectivity index (χ4v) is 4.77. The first-order chi connectivity index (χ1) is 14.1. The molecule has 0 saturated heterocycles. The highest BCUT2D eigenvalue weighted by Gasteiger charge is 2.28. The van der Waals surface area contributed by atoms with Gasteiger partial charge in [-0.1, -0.05) is 38.5 Å². The average Bonchev–Trinajstić information content (AvgIpc) is 2.91. The van der Waals surface area contributed by atoms with Crippen LogP contribution in [0.1, 0.15) is 66.8 Å². The highest BCUT2D eigenvalue weighted by atomic mass is 32.1. The van der Waals surface area contributed by atoms with E-state index in [-0.39, 0.29) is 11.9 Å². The number of carbonyl (C=O) groups is 2. The number of hydrogen-bond acceptors (Lipinski definition) is 5. The number of hydrogen-bond donors (Lipinski definition) is 1. The molecule has 6 heteroatoms. The number of thiophene rings is 1. The third kappa shape index (κ3) is 5.38. The summed E-state index contributed by atoms with van der Waals surface area (Å²) in [6, 6.07) is 9.31. The van der Waals surface area contributed by atoms with E-state index in [9.17, 15) is 9.59 Å². The zero-order valence-corrected chi connectivity index (χ0v) is 18.0. The van der Waals surface area contributed by atoms with Crippen LogP contribution in [0.5, 0.6) is 5.75 Å². The molecule has 0 fully saturated rings. The Balaban J connectivity index is 1.82. The molecular weight excluding hydrogens is 386 g/mol. The second-order valence-corrected chi connectivity index (χ2v) is 8.33. The summed E-state index contributed by atoms with van der Waals surface area (Å²) < 4.78 is 11.3. The molecule has 0 radical (unpaired) electrons. The van der Waals surface area contributed by atoms with Gasteiger partial charge >= 0.3 is 5.97 Å². The molecule has 29 heavy (non-hydrogen) atoms. The molecule has 1 heterocycles. The number of nitrogens with one attached hydrogen (secondary N) is 1. The number of aryl methyl sites for hydroxylation is 1. The molecule has 2 aromatic rings. The van der Waals surface area contributed by atoms with Gasteiger partial charge in [-0.15, -0.1) is 11.3 Å². The van der Waals surface area contributed by atoms with Gasteiger partial charge in [-0.25, -0.2) is 4.79 Å². The van der Waals surface area contributed by atoms with Crippen LogP contribution in [-0.2, 0) is 22.4 Å². The van der Waals surface area contributed by atoms with Crippen LogP contribution in [0.4, 0.5) is 5.00 Å². The van der Waals surface area contributed by atoms with E-state index in [4.69, 9.17) is 9.47 Å². The number of para-hydroxylation sites is 1. The van der Waals surface area contributed by atoms with E-state index < -0.39 is 6.10 Å². The topological polar surface area (TPSA) is 64.6 Å². The molecule has 1 aliphatic rings. The molecular formula is C23H29NO4S. The van der Waals surface area contributed by atoms with Gasteiger partial charge in [0.2, 0.25) is 0 Å². The van der Waals surface area contributed by atoms with Crippen LogP contribution < -0.4 is 10.1 Å². The highest BCUT2D eigenvalue weighted by molar-refractivity contribution is 7.17. The molecule has 1 N–H and O–H groups in total. The lowest BCUT2D eigenvalue weighted by Crippen LogP contribution is -2.32. The third-order valence-electron chi connectivity index (χ3n) is 4.98. The van der Waals surface area contributed by atoms with E-state index in [1.54, 1.807) is 0 Å². The summed E-state index contributed by atoms with van der Waals surface area (Å²) in [7, 11) is 0. The molecule has 0 aliphatic heterocycles. The van der Waals surface area contributed by atoms with Crippen LogP contribution in [0.15, 0.2) is 30.3 Å². The van der Waals surface area contributed by atoms with Gasteiger partial charge in [-0.3, -0.25) is 4.79 Å². The van der Waals surface area contributed by atoms with E-state index in [1.165, 1.54) is 16.2 Å².